The lowest BCUT2D eigenvalue weighted by atomic mass is 9.72. The second-order valence-electron chi connectivity index (χ2n) is 6.38. The lowest BCUT2D eigenvalue weighted by Crippen LogP contribution is -2.48. The Morgan fingerprint density at radius 2 is 2.12 bits per heavy atom. The van der Waals surface area contributed by atoms with Crippen molar-refractivity contribution in [3.8, 4) is 11.5 Å². The molecule has 6 heteroatoms. The van der Waals surface area contributed by atoms with Crippen molar-refractivity contribution in [1.29, 1.82) is 0 Å². The van der Waals surface area contributed by atoms with Crippen molar-refractivity contribution in [2.75, 3.05) is 13.7 Å². The molecule has 2 heterocycles. The maximum atomic E-state index is 12.6. The molecule has 0 saturated heterocycles. The number of fused-ring (bicyclic) bond motifs is 5. The van der Waals surface area contributed by atoms with E-state index in [1.54, 1.807) is 20.1 Å². The van der Waals surface area contributed by atoms with Crippen molar-refractivity contribution in [2.45, 2.75) is 38.4 Å². The van der Waals surface area contributed by atoms with E-state index in [2.05, 4.69) is 0 Å². The number of allylic oxidation sites excluding steroid dienone is 2. The van der Waals surface area contributed by atoms with Crippen LogP contribution >= 0.6 is 0 Å². The van der Waals surface area contributed by atoms with Gasteiger partial charge >= 0.3 is 5.97 Å². The second-order valence-corrected chi connectivity index (χ2v) is 6.38. The highest BCUT2D eigenvalue weighted by Crippen LogP contribution is 2.52. The molecule has 6 nitrogen and oxygen atoms in total. The van der Waals surface area contributed by atoms with E-state index in [9.17, 15) is 9.59 Å². The Bertz CT molecular complexity index is 765. The van der Waals surface area contributed by atoms with E-state index in [0.717, 1.165) is 12.0 Å². The fourth-order valence-electron chi connectivity index (χ4n) is 3.91. The van der Waals surface area contributed by atoms with Crippen LogP contribution in [0.5, 0.6) is 11.5 Å². The standard InChI is InChI=1S/C19H20O6/c1-3-23-18(21)17-15-11-8-7-10(22-2)9-14(11)25-19(17)24-13-6-4-5-12(20)16(13)15/h7-9,15,17,19H,3-6H2,1-2H3/t15-,17-,19-/m1/s1. The van der Waals surface area contributed by atoms with Crippen molar-refractivity contribution in [3.63, 3.8) is 0 Å². The van der Waals surface area contributed by atoms with Crippen LogP contribution in [-0.4, -0.2) is 31.8 Å². The Morgan fingerprint density at radius 3 is 2.88 bits per heavy atom. The molecule has 3 atom stereocenters. The molecule has 1 aromatic rings. The summed E-state index contributed by atoms with van der Waals surface area (Å²) >= 11 is 0. The molecule has 0 spiro atoms. The Kier molecular flexibility index (Phi) is 3.90. The minimum absolute atomic E-state index is 0.0441. The predicted octanol–water partition coefficient (Wildman–Crippen LogP) is 2.71. The summed E-state index contributed by atoms with van der Waals surface area (Å²) in [5.41, 5.74) is 1.41. The van der Waals surface area contributed by atoms with Crippen LogP contribution in [0.15, 0.2) is 29.5 Å². The van der Waals surface area contributed by atoms with Crippen molar-refractivity contribution >= 4 is 11.8 Å². The van der Waals surface area contributed by atoms with Gasteiger partial charge < -0.3 is 18.9 Å². The van der Waals surface area contributed by atoms with E-state index in [1.807, 2.05) is 12.1 Å². The van der Waals surface area contributed by atoms with Crippen LogP contribution in [0.3, 0.4) is 0 Å². The summed E-state index contributed by atoms with van der Waals surface area (Å²) in [6.07, 6.45) is 1.15. The molecule has 1 aromatic carbocycles. The van der Waals surface area contributed by atoms with Gasteiger partial charge in [0.2, 0.25) is 0 Å². The molecule has 0 radical (unpaired) electrons. The molecule has 0 N–H and O–H groups in total. The van der Waals surface area contributed by atoms with Crippen LogP contribution in [0, 0.1) is 5.92 Å². The van der Waals surface area contributed by atoms with Crippen molar-refractivity contribution in [2.24, 2.45) is 5.92 Å². The van der Waals surface area contributed by atoms with E-state index in [-0.39, 0.29) is 12.4 Å². The number of carbonyl (C=O) groups excluding carboxylic acids is 2. The molecular formula is C19H20O6. The van der Waals surface area contributed by atoms with Gasteiger partial charge in [0.1, 0.15) is 23.2 Å². The van der Waals surface area contributed by atoms with E-state index in [0.29, 0.717) is 35.7 Å². The van der Waals surface area contributed by atoms with Crippen LogP contribution in [0.1, 0.15) is 37.7 Å². The summed E-state index contributed by atoms with van der Waals surface area (Å²) in [6.45, 7) is 2.03. The average Bonchev–Trinajstić information content (AvgIpc) is 2.60. The number of esters is 1. The third-order valence-corrected chi connectivity index (χ3v) is 4.99. The summed E-state index contributed by atoms with van der Waals surface area (Å²) in [5.74, 6) is 0.465. The lowest BCUT2D eigenvalue weighted by molar-refractivity contribution is -0.173. The average molecular weight is 344 g/mol. The van der Waals surface area contributed by atoms with Gasteiger partial charge in [-0.2, -0.15) is 0 Å². The van der Waals surface area contributed by atoms with E-state index >= 15 is 0 Å². The smallest absolute Gasteiger partial charge is 0.317 e. The second kappa shape index (κ2) is 6.10. The van der Waals surface area contributed by atoms with Crippen LogP contribution < -0.4 is 9.47 Å². The van der Waals surface area contributed by atoms with Crippen molar-refractivity contribution < 1.29 is 28.5 Å². The van der Waals surface area contributed by atoms with Crippen LogP contribution in [0.2, 0.25) is 0 Å². The number of hydrogen-bond donors (Lipinski definition) is 0. The molecule has 2 aliphatic heterocycles. The normalized spacial score (nSPS) is 26.8. The number of Topliss-reactive ketones (excluding diaryl/α,β-unsaturated/α-hetero) is 1. The molecule has 0 aromatic heterocycles. The third-order valence-electron chi connectivity index (χ3n) is 4.99. The molecule has 25 heavy (non-hydrogen) atoms. The summed E-state index contributed by atoms with van der Waals surface area (Å²) in [5, 5.41) is 0. The Balaban J connectivity index is 1.86. The molecular weight excluding hydrogens is 324 g/mol. The lowest BCUT2D eigenvalue weighted by Gasteiger charge is -2.44. The summed E-state index contributed by atoms with van der Waals surface area (Å²) in [6, 6.07) is 5.44. The maximum Gasteiger partial charge on any atom is 0.317 e. The molecule has 1 aliphatic carbocycles. The monoisotopic (exact) mass is 344 g/mol. The summed E-state index contributed by atoms with van der Waals surface area (Å²) in [4.78, 5) is 25.2. The molecule has 132 valence electrons. The first-order valence-corrected chi connectivity index (χ1v) is 8.58. The van der Waals surface area contributed by atoms with Gasteiger partial charge in [-0.1, -0.05) is 6.07 Å². The molecule has 0 fully saturated rings. The molecule has 2 bridgehead atoms. The highest BCUT2D eigenvalue weighted by molar-refractivity contribution is 5.99. The summed E-state index contributed by atoms with van der Waals surface area (Å²) < 4.78 is 22.4. The van der Waals surface area contributed by atoms with E-state index in [4.69, 9.17) is 18.9 Å². The molecule has 3 aliphatic rings. The van der Waals surface area contributed by atoms with Gasteiger partial charge in [0.25, 0.3) is 6.29 Å². The Labute approximate surface area is 145 Å². The fraction of sp³-hybridized carbons (Fsp3) is 0.474. The third kappa shape index (κ3) is 2.47. The van der Waals surface area contributed by atoms with E-state index in [1.165, 1.54) is 0 Å². The highest BCUT2D eigenvalue weighted by atomic mass is 16.7. The Morgan fingerprint density at radius 1 is 1.28 bits per heavy atom. The fourth-order valence-corrected chi connectivity index (χ4v) is 3.91. The van der Waals surface area contributed by atoms with Gasteiger partial charge in [-0.15, -0.1) is 0 Å². The zero-order valence-corrected chi connectivity index (χ0v) is 14.2. The Hall–Kier alpha value is -2.50. The number of benzene rings is 1. The SMILES string of the molecule is CCOC(=O)[C@@H]1[C@@H]2OC3=C(C(=O)CCC3)[C@H]1c1ccc(OC)cc1O2. The van der Waals surface area contributed by atoms with Crippen LogP contribution in [-0.2, 0) is 19.1 Å². The zero-order chi connectivity index (χ0) is 17.6. The van der Waals surface area contributed by atoms with Crippen molar-refractivity contribution in [3.05, 3.63) is 35.1 Å². The molecule has 0 unspecified atom stereocenters. The first-order chi connectivity index (χ1) is 12.1. The number of hydrogen-bond acceptors (Lipinski definition) is 6. The number of ether oxygens (including phenoxy) is 4. The van der Waals surface area contributed by atoms with Crippen molar-refractivity contribution in [1.82, 2.24) is 0 Å². The number of ketones is 1. The topological polar surface area (TPSA) is 71.1 Å². The van der Waals surface area contributed by atoms with E-state index < -0.39 is 24.1 Å². The minimum Gasteiger partial charge on any atom is -0.497 e. The van der Waals surface area contributed by atoms with Crippen LogP contribution in [0.4, 0.5) is 0 Å². The maximum absolute atomic E-state index is 12.6. The van der Waals surface area contributed by atoms with Gasteiger partial charge in [-0.25, -0.2) is 0 Å². The number of carbonyl (C=O) groups is 2. The van der Waals surface area contributed by atoms with Crippen LogP contribution in [0.25, 0.3) is 0 Å². The van der Waals surface area contributed by atoms with Gasteiger partial charge in [0.05, 0.1) is 13.7 Å². The largest absolute Gasteiger partial charge is 0.497 e. The molecule has 0 saturated carbocycles. The first kappa shape index (κ1) is 16.0. The number of rotatable bonds is 3. The van der Waals surface area contributed by atoms with Gasteiger partial charge in [-0.05, 0) is 19.4 Å². The minimum atomic E-state index is -0.784. The first-order valence-electron chi connectivity index (χ1n) is 8.58. The zero-order valence-electron chi connectivity index (χ0n) is 14.2. The molecule has 0 amide bonds. The quantitative estimate of drug-likeness (QED) is 0.785. The highest BCUT2D eigenvalue weighted by Gasteiger charge is 2.53. The molecule has 4 rings (SSSR count). The number of methoxy groups -OCH3 is 1. The predicted molar refractivity (Wildman–Crippen MR) is 87.2 cm³/mol. The van der Waals surface area contributed by atoms with Gasteiger partial charge in [-0.3, -0.25) is 9.59 Å². The van der Waals surface area contributed by atoms with Gasteiger partial charge in [0, 0.05) is 36.0 Å². The summed E-state index contributed by atoms with van der Waals surface area (Å²) in [7, 11) is 1.58. The van der Waals surface area contributed by atoms with Gasteiger partial charge in [0.15, 0.2) is 5.78 Å².